The summed E-state index contributed by atoms with van der Waals surface area (Å²) in [6.07, 6.45) is 0. The summed E-state index contributed by atoms with van der Waals surface area (Å²) in [6, 6.07) is 73.6. The molecule has 12 rings (SSSR count). The first-order chi connectivity index (χ1) is 28.8. The molecule has 0 aliphatic rings. The van der Waals surface area contributed by atoms with Crippen LogP contribution in [0.3, 0.4) is 0 Å². The first kappa shape index (κ1) is 32.4. The van der Waals surface area contributed by atoms with Crippen LogP contribution < -0.4 is 0 Å². The van der Waals surface area contributed by atoms with E-state index in [2.05, 4.69) is 203 Å². The van der Waals surface area contributed by atoms with Crippen molar-refractivity contribution in [2.75, 3.05) is 0 Å². The lowest BCUT2D eigenvalue weighted by atomic mass is 10.0. The van der Waals surface area contributed by atoms with E-state index in [-0.39, 0.29) is 0 Å². The Hall–Kier alpha value is -7.82. The molecule has 0 fully saturated rings. The molecule has 0 saturated carbocycles. The van der Waals surface area contributed by atoms with Gasteiger partial charge in [-0.2, -0.15) is 0 Å². The van der Waals surface area contributed by atoms with Gasteiger partial charge in [-0.1, -0.05) is 152 Å². The minimum Gasteiger partial charge on any atom is -0.309 e. The van der Waals surface area contributed by atoms with Crippen LogP contribution in [0.5, 0.6) is 0 Å². The number of benzene rings is 9. The van der Waals surface area contributed by atoms with Crippen molar-refractivity contribution in [2.45, 2.75) is 0 Å². The third-order valence-electron chi connectivity index (χ3n) is 11.7. The average molecular weight is 739 g/mol. The number of rotatable bonds is 5. The standard InChI is InChI=1S/C54H34N4/c1-4-16-36(17-5-1)52-53(37-18-6-2-7-19-37)56-46-34-39(28-30-45(46)55-52)38-20-14-23-41(33-38)57-47-26-13-12-25-43(47)50-48(57)31-32-49-51(50)44-29-27-35-15-10-11-24-42(35)54(44)58(49)40-21-8-3-9-22-40/h1-34H. The number of aromatic nitrogens is 4. The lowest BCUT2D eigenvalue weighted by Gasteiger charge is -2.13. The van der Waals surface area contributed by atoms with Crippen LogP contribution >= 0.6 is 0 Å². The van der Waals surface area contributed by atoms with Crippen LogP contribution in [0, 0.1) is 0 Å². The van der Waals surface area contributed by atoms with E-state index in [1.54, 1.807) is 0 Å². The highest BCUT2D eigenvalue weighted by Gasteiger charge is 2.22. The Balaban J connectivity index is 1.07. The van der Waals surface area contributed by atoms with Gasteiger partial charge in [0.15, 0.2) is 0 Å². The first-order valence-corrected chi connectivity index (χ1v) is 19.8. The second-order valence-electron chi connectivity index (χ2n) is 15.0. The summed E-state index contributed by atoms with van der Waals surface area (Å²) >= 11 is 0. The molecule has 4 heteroatoms. The molecule has 4 nitrogen and oxygen atoms in total. The zero-order valence-corrected chi connectivity index (χ0v) is 31.4. The molecule has 0 atom stereocenters. The van der Waals surface area contributed by atoms with E-state index in [4.69, 9.17) is 9.97 Å². The molecular weight excluding hydrogens is 705 g/mol. The van der Waals surface area contributed by atoms with Gasteiger partial charge in [-0.25, -0.2) is 9.97 Å². The Morgan fingerprint density at radius 3 is 1.64 bits per heavy atom. The Morgan fingerprint density at radius 2 is 0.879 bits per heavy atom. The largest absolute Gasteiger partial charge is 0.309 e. The highest BCUT2D eigenvalue weighted by Crippen LogP contribution is 2.44. The maximum atomic E-state index is 5.29. The summed E-state index contributed by atoms with van der Waals surface area (Å²) in [5.41, 5.74) is 14.8. The topological polar surface area (TPSA) is 35.6 Å². The number of nitrogens with zero attached hydrogens (tertiary/aromatic N) is 4. The van der Waals surface area contributed by atoms with Gasteiger partial charge in [-0.3, -0.25) is 0 Å². The molecule has 0 unspecified atom stereocenters. The number of hydrogen-bond donors (Lipinski definition) is 0. The number of hydrogen-bond acceptors (Lipinski definition) is 2. The van der Waals surface area contributed by atoms with Crippen molar-refractivity contribution >= 4 is 65.4 Å². The molecule has 0 amide bonds. The van der Waals surface area contributed by atoms with Gasteiger partial charge < -0.3 is 9.13 Å². The highest BCUT2D eigenvalue weighted by molar-refractivity contribution is 6.31. The Kier molecular flexibility index (Phi) is 7.20. The molecule has 0 spiro atoms. The van der Waals surface area contributed by atoms with E-state index < -0.39 is 0 Å². The third kappa shape index (κ3) is 4.95. The second-order valence-corrected chi connectivity index (χ2v) is 15.0. The maximum Gasteiger partial charge on any atom is 0.0973 e. The quantitative estimate of drug-likeness (QED) is 0.176. The summed E-state index contributed by atoms with van der Waals surface area (Å²) in [7, 11) is 0. The molecular formula is C54H34N4. The molecule has 3 heterocycles. The molecule has 9 aromatic carbocycles. The monoisotopic (exact) mass is 738 g/mol. The fraction of sp³-hybridized carbons (Fsp3) is 0. The van der Waals surface area contributed by atoms with Crippen molar-refractivity contribution in [3.05, 3.63) is 206 Å². The fourth-order valence-corrected chi connectivity index (χ4v) is 9.10. The molecule has 0 aliphatic heterocycles. The first-order valence-electron chi connectivity index (χ1n) is 19.8. The zero-order chi connectivity index (χ0) is 38.2. The van der Waals surface area contributed by atoms with E-state index in [9.17, 15) is 0 Å². The summed E-state index contributed by atoms with van der Waals surface area (Å²) in [4.78, 5) is 10.5. The van der Waals surface area contributed by atoms with Crippen molar-refractivity contribution < 1.29 is 0 Å². The Labute approximate surface area is 334 Å². The van der Waals surface area contributed by atoms with Crippen LogP contribution in [-0.4, -0.2) is 19.1 Å². The molecule has 3 aromatic heterocycles. The fourth-order valence-electron chi connectivity index (χ4n) is 9.10. The van der Waals surface area contributed by atoms with Gasteiger partial charge >= 0.3 is 0 Å². The van der Waals surface area contributed by atoms with E-state index in [1.165, 1.54) is 54.4 Å². The normalized spacial score (nSPS) is 11.8. The van der Waals surface area contributed by atoms with Crippen molar-refractivity contribution in [1.29, 1.82) is 0 Å². The van der Waals surface area contributed by atoms with Gasteiger partial charge in [0, 0.05) is 49.4 Å². The van der Waals surface area contributed by atoms with Crippen LogP contribution in [0.15, 0.2) is 206 Å². The van der Waals surface area contributed by atoms with Crippen molar-refractivity contribution in [2.24, 2.45) is 0 Å². The molecule has 0 radical (unpaired) electrons. The molecule has 58 heavy (non-hydrogen) atoms. The summed E-state index contributed by atoms with van der Waals surface area (Å²) < 4.78 is 4.88. The van der Waals surface area contributed by atoms with E-state index in [0.29, 0.717) is 0 Å². The van der Waals surface area contributed by atoms with Gasteiger partial charge in [0.1, 0.15) is 0 Å². The molecule has 0 N–H and O–H groups in total. The van der Waals surface area contributed by atoms with Gasteiger partial charge in [0.25, 0.3) is 0 Å². The minimum absolute atomic E-state index is 0.864. The van der Waals surface area contributed by atoms with Crippen LogP contribution in [0.1, 0.15) is 0 Å². The van der Waals surface area contributed by atoms with E-state index in [1.807, 2.05) is 12.1 Å². The van der Waals surface area contributed by atoms with Gasteiger partial charge in [0.2, 0.25) is 0 Å². The minimum atomic E-state index is 0.864. The van der Waals surface area contributed by atoms with Gasteiger partial charge in [-0.15, -0.1) is 0 Å². The lowest BCUT2D eigenvalue weighted by molar-refractivity contribution is 1.17. The molecule has 0 saturated heterocycles. The predicted octanol–water partition coefficient (Wildman–Crippen LogP) is 14.0. The van der Waals surface area contributed by atoms with Crippen molar-refractivity contribution in [3.8, 4) is 45.0 Å². The van der Waals surface area contributed by atoms with Gasteiger partial charge in [0.05, 0.1) is 44.5 Å². The van der Waals surface area contributed by atoms with Gasteiger partial charge in [-0.05, 0) is 71.1 Å². The predicted molar refractivity (Wildman–Crippen MR) is 242 cm³/mol. The SMILES string of the molecule is c1ccc(-c2nc3ccc(-c4cccc(-n5c6ccccc6c6c7c8ccc9ccccc9c8n(-c8ccccc8)c7ccc65)c4)cc3nc2-c2ccccc2)cc1. The maximum absolute atomic E-state index is 5.29. The number of fused-ring (bicyclic) bond motifs is 10. The summed E-state index contributed by atoms with van der Waals surface area (Å²) in [5.74, 6) is 0. The molecule has 0 bridgehead atoms. The third-order valence-corrected chi connectivity index (χ3v) is 11.7. The highest BCUT2D eigenvalue weighted by atomic mass is 15.0. The molecule has 12 aromatic rings. The van der Waals surface area contributed by atoms with Crippen molar-refractivity contribution in [1.82, 2.24) is 19.1 Å². The van der Waals surface area contributed by atoms with Crippen LogP contribution in [0.25, 0.3) is 110 Å². The molecule has 0 aliphatic carbocycles. The number of para-hydroxylation sites is 2. The summed E-state index contributed by atoms with van der Waals surface area (Å²) in [6.45, 7) is 0. The average Bonchev–Trinajstić information content (AvgIpc) is 3.82. The van der Waals surface area contributed by atoms with Crippen LogP contribution in [0.2, 0.25) is 0 Å². The lowest BCUT2D eigenvalue weighted by Crippen LogP contribution is -1.96. The molecule has 270 valence electrons. The van der Waals surface area contributed by atoms with E-state index >= 15 is 0 Å². The zero-order valence-electron chi connectivity index (χ0n) is 31.4. The van der Waals surface area contributed by atoms with Crippen LogP contribution in [-0.2, 0) is 0 Å². The second kappa shape index (κ2) is 12.9. The smallest absolute Gasteiger partial charge is 0.0973 e. The Bertz CT molecular complexity index is 3550. The van der Waals surface area contributed by atoms with Crippen molar-refractivity contribution in [3.63, 3.8) is 0 Å². The van der Waals surface area contributed by atoms with E-state index in [0.717, 1.165) is 56.0 Å². The van der Waals surface area contributed by atoms with Crippen LogP contribution in [0.4, 0.5) is 0 Å². The Morgan fingerprint density at radius 1 is 0.310 bits per heavy atom. The summed E-state index contributed by atoms with van der Waals surface area (Å²) in [5, 5.41) is 7.50.